The highest BCUT2D eigenvalue weighted by atomic mass is 16.6. The first-order valence-electron chi connectivity index (χ1n) is 11.5. The number of carbonyl (C=O) groups is 3. The van der Waals surface area contributed by atoms with Crippen molar-refractivity contribution in [1.82, 2.24) is 15.5 Å². The van der Waals surface area contributed by atoms with Crippen LogP contribution in [0.3, 0.4) is 0 Å². The fourth-order valence-electron chi connectivity index (χ4n) is 3.79. The monoisotopic (exact) mass is 467 g/mol. The number of benzene rings is 2. The molecule has 1 saturated carbocycles. The van der Waals surface area contributed by atoms with Crippen molar-refractivity contribution in [3.8, 4) is 5.75 Å². The van der Waals surface area contributed by atoms with Crippen LogP contribution in [-0.4, -0.2) is 46.1 Å². The van der Waals surface area contributed by atoms with E-state index in [4.69, 9.17) is 4.74 Å². The molecule has 1 fully saturated rings. The molecule has 34 heavy (non-hydrogen) atoms. The molecule has 0 spiro atoms. The molecule has 3 amide bonds. The minimum atomic E-state index is -1.04. The van der Waals surface area contributed by atoms with E-state index in [-0.39, 0.29) is 24.9 Å². The Morgan fingerprint density at radius 3 is 2.26 bits per heavy atom. The highest BCUT2D eigenvalue weighted by Gasteiger charge is 2.39. The van der Waals surface area contributed by atoms with Crippen molar-refractivity contribution in [2.24, 2.45) is 0 Å². The number of hydrogen-bond acceptors (Lipinski definition) is 5. The van der Waals surface area contributed by atoms with Gasteiger partial charge >= 0.3 is 6.09 Å². The number of nitrogens with one attached hydrogen (secondary N) is 2. The maximum absolute atomic E-state index is 13.5. The molecule has 2 aromatic rings. The van der Waals surface area contributed by atoms with Crippen LogP contribution in [-0.2, 0) is 20.9 Å². The zero-order chi connectivity index (χ0) is 24.7. The van der Waals surface area contributed by atoms with Crippen LogP contribution in [0.25, 0.3) is 0 Å². The van der Waals surface area contributed by atoms with Crippen LogP contribution in [0.1, 0.15) is 57.2 Å². The molecule has 0 radical (unpaired) electrons. The number of carbonyl (C=O) groups excluding carboxylic acids is 3. The zero-order valence-electron chi connectivity index (χ0n) is 19.9. The Morgan fingerprint density at radius 1 is 1.03 bits per heavy atom. The molecule has 2 aromatic carbocycles. The summed E-state index contributed by atoms with van der Waals surface area (Å²) in [6.45, 7) is 5.18. The second-order valence-corrected chi connectivity index (χ2v) is 9.41. The summed E-state index contributed by atoms with van der Waals surface area (Å²) in [5.41, 5.74) is 0.557. The van der Waals surface area contributed by atoms with Gasteiger partial charge in [0.15, 0.2) is 0 Å². The third kappa shape index (κ3) is 6.73. The summed E-state index contributed by atoms with van der Waals surface area (Å²) in [4.78, 5) is 40.4. The molecule has 0 aromatic heterocycles. The van der Waals surface area contributed by atoms with E-state index in [1.54, 1.807) is 39.0 Å². The minimum absolute atomic E-state index is 0.0698. The van der Waals surface area contributed by atoms with E-state index in [9.17, 15) is 19.5 Å². The standard InChI is InChI=1S/C26H33N3O5/c1-26(2,3)34-25(33)28-17-22(31)29(19-12-9-13-19)23(20-14-7-8-15-21(20)30)24(32)27-16-18-10-5-4-6-11-18/h4-8,10-11,14-15,19,23,30H,9,12-13,16-17H2,1-3H3,(H,27,32)(H,28,33). The SMILES string of the molecule is CC(C)(C)OC(=O)NCC(=O)N(C1CCC1)C(C(=O)NCc1ccccc1)c1ccccc1O. The number of amides is 3. The first-order chi connectivity index (χ1) is 16.2. The number of phenols is 1. The number of aromatic hydroxyl groups is 1. The lowest BCUT2D eigenvalue weighted by molar-refractivity contribution is -0.145. The van der Waals surface area contributed by atoms with E-state index >= 15 is 0 Å². The van der Waals surface area contributed by atoms with Gasteiger partial charge in [-0.2, -0.15) is 0 Å². The molecule has 0 aliphatic heterocycles. The second kappa shape index (κ2) is 11.0. The summed E-state index contributed by atoms with van der Waals surface area (Å²) in [5, 5.41) is 16.0. The third-order valence-electron chi connectivity index (χ3n) is 5.61. The van der Waals surface area contributed by atoms with Crippen molar-refractivity contribution in [2.75, 3.05) is 6.54 Å². The Balaban J connectivity index is 1.84. The van der Waals surface area contributed by atoms with Gasteiger partial charge in [-0.3, -0.25) is 9.59 Å². The second-order valence-electron chi connectivity index (χ2n) is 9.41. The maximum atomic E-state index is 13.5. The lowest BCUT2D eigenvalue weighted by Crippen LogP contribution is -2.53. The summed E-state index contributed by atoms with van der Waals surface area (Å²) in [5.74, 6) is -0.888. The Hall–Kier alpha value is -3.55. The molecule has 1 unspecified atom stereocenters. The topological polar surface area (TPSA) is 108 Å². The molecule has 8 heteroatoms. The van der Waals surface area contributed by atoms with Gasteiger partial charge in [-0.25, -0.2) is 4.79 Å². The van der Waals surface area contributed by atoms with Crippen LogP contribution in [0.5, 0.6) is 5.75 Å². The molecule has 8 nitrogen and oxygen atoms in total. The van der Waals surface area contributed by atoms with Crippen molar-refractivity contribution in [1.29, 1.82) is 0 Å². The Bertz CT molecular complexity index is 999. The van der Waals surface area contributed by atoms with Crippen LogP contribution in [0.2, 0.25) is 0 Å². The van der Waals surface area contributed by atoms with E-state index in [0.717, 1.165) is 24.8 Å². The van der Waals surface area contributed by atoms with Gasteiger partial charge < -0.3 is 25.4 Å². The van der Waals surface area contributed by atoms with Gasteiger partial charge in [0.2, 0.25) is 11.8 Å². The van der Waals surface area contributed by atoms with Crippen molar-refractivity contribution >= 4 is 17.9 Å². The van der Waals surface area contributed by atoms with Crippen molar-refractivity contribution in [3.63, 3.8) is 0 Å². The summed E-state index contributed by atoms with van der Waals surface area (Å²) in [6.07, 6.45) is 1.72. The first kappa shape index (κ1) is 25.1. The number of ether oxygens (including phenoxy) is 1. The molecule has 1 aliphatic carbocycles. The summed E-state index contributed by atoms with van der Waals surface area (Å²) < 4.78 is 5.23. The van der Waals surface area contributed by atoms with Crippen molar-refractivity contribution in [2.45, 2.75) is 64.3 Å². The van der Waals surface area contributed by atoms with Crippen LogP contribution < -0.4 is 10.6 Å². The summed E-state index contributed by atoms with van der Waals surface area (Å²) in [6, 6.07) is 14.8. The van der Waals surface area contributed by atoms with E-state index in [2.05, 4.69) is 10.6 Å². The largest absolute Gasteiger partial charge is 0.508 e. The predicted molar refractivity (Wildman–Crippen MR) is 128 cm³/mol. The molecule has 3 rings (SSSR count). The lowest BCUT2D eigenvalue weighted by Gasteiger charge is -2.42. The number of phenolic OH excluding ortho intramolecular Hbond substituents is 1. The highest BCUT2D eigenvalue weighted by molar-refractivity contribution is 5.91. The molecule has 0 bridgehead atoms. The highest BCUT2D eigenvalue weighted by Crippen LogP contribution is 2.36. The van der Waals surface area contributed by atoms with Gasteiger partial charge in [0.05, 0.1) is 0 Å². The predicted octanol–water partition coefficient (Wildman–Crippen LogP) is 3.66. The quantitative estimate of drug-likeness (QED) is 0.549. The van der Waals surface area contributed by atoms with Gasteiger partial charge in [0.1, 0.15) is 23.9 Å². The number of rotatable bonds is 8. The molecule has 3 N–H and O–H groups in total. The molecule has 182 valence electrons. The van der Waals surface area contributed by atoms with E-state index in [1.165, 1.54) is 11.0 Å². The van der Waals surface area contributed by atoms with Crippen molar-refractivity contribution < 1.29 is 24.2 Å². The van der Waals surface area contributed by atoms with Crippen LogP contribution in [0.4, 0.5) is 4.79 Å². The number of hydrogen-bond donors (Lipinski definition) is 3. The van der Waals surface area contributed by atoms with E-state index in [1.807, 2.05) is 30.3 Å². The van der Waals surface area contributed by atoms with Gasteiger partial charge in [-0.05, 0) is 51.7 Å². The minimum Gasteiger partial charge on any atom is -0.508 e. The molecule has 1 aliphatic rings. The zero-order valence-corrected chi connectivity index (χ0v) is 19.9. The van der Waals surface area contributed by atoms with Gasteiger partial charge in [0.25, 0.3) is 0 Å². The Morgan fingerprint density at radius 2 is 1.68 bits per heavy atom. The first-order valence-corrected chi connectivity index (χ1v) is 11.5. The van der Waals surface area contributed by atoms with Gasteiger partial charge in [0, 0.05) is 18.2 Å². The Kier molecular flexibility index (Phi) is 8.15. The number of para-hydroxylation sites is 1. The van der Waals surface area contributed by atoms with E-state index in [0.29, 0.717) is 5.56 Å². The van der Waals surface area contributed by atoms with Gasteiger partial charge in [-0.15, -0.1) is 0 Å². The number of alkyl carbamates (subject to hydrolysis) is 1. The molecular weight excluding hydrogens is 434 g/mol. The van der Waals surface area contributed by atoms with Crippen molar-refractivity contribution in [3.05, 3.63) is 65.7 Å². The van der Waals surface area contributed by atoms with Crippen LogP contribution in [0.15, 0.2) is 54.6 Å². The molecular formula is C26H33N3O5. The van der Waals surface area contributed by atoms with E-state index < -0.39 is 29.6 Å². The van der Waals surface area contributed by atoms with Crippen LogP contribution in [0, 0.1) is 0 Å². The fourth-order valence-corrected chi connectivity index (χ4v) is 3.79. The Labute approximate surface area is 200 Å². The number of nitrogens with zero attached hydrogens (tertiary/aromatic N) is 1. The lowest BCUT2D eigenvalue weighted by atomic mass is 9.88. The fraction of sp³-hybridized carbons (Fsp3) is 0.423. The maximum Gasteiger partial charge on any atom is 0.408 e. The third-order valence-corrected chi connectivity index (χ3v) is 5.61. The average Bonchev–Trinajstić information content (AvgIpc) is 2.75. The average molecular weight is 468 g/mol. The molecule has 0 heterocycles. The molecule has 0 saturated heterocycles. The summed E-state index contributed by atoms with van der Waals surface area (Å²) in [7, 11) is 0. The molecule has 1 atom stereocenters. The van der Waals surface area contributed by atoms with Gasteiger partial charge in [-0.1, -0.05) is 48.5 Å². The summed E-state index contributed by atoms with van der Waals surface area (Å²) >= 11 is 0. The smallest absolute Gasteiger partial charge is 0.408 e. The van der Waals surface area contributed by atoms with Crippen LogP contribution >= 0.6 is 0 Å². The normalized spacial score (nSPS) is 14.4.